The molecule has 1 aromatic carbocycles. The standard InChI is InChI=1S/C8H8O3S.C3H5NO.CH5O3P/c1-2-7-3-5-8(6-4-7)11-12(9)10;1-2-3(4)5;1-4-5(2)3/h2-6,12H,1H2;2H,1H2,(H2,4,5);5H,1H3,(H,2,3). The Morgan fingerprint density at radius 3 is 1.95 bits per heavy atom. The Hall–Kier alpha value is -1.93. The molecule has 0 saturated carbocycles. The second-order valence-electron chi connectivity index (χ2n) is 3.16. The summed E-state index contributed by atoms with van der Waals surface area (Å²) in [6, 6.07) is 6.59. The lowest BCUT2D eigenvalue weighted by molar-refractivity contribution is -0.113. The number of nitrogens with two attached hydrogens (primary N) is 1. The predicted molar refractivity (Wildman–Crippen MR) is 85.1 cm³/mol. The fourth-order valence-corrected chi connectivity index (χ4v) is 1.04. The molecular formula is C12H18NO7PS. The monoisotopic (exact) mass is 351 g/mol. The predicted octanol–water partition coefficient (Wildman–Crippen LogP) is 0.907. The molecule has 1 unspecified atom stereocenters. The van der Waals surface area contributed by atoms with E-state index in [4.69, 9.17) is 4.89 Å². The Morgan fingerprint density at radius 1 is 1.32 bits per heavy atom. The maximum absolute atomic E-state index is 10.1. The molecule has 124 valence electrons. The average Bonchev–Trinajstić information content (AvgIpc) is 2.48. The number of carbonyl (C=O) groups is 1. The van der Waals surface area contributed by atoms with E-state index in [1.165, 1.54) is 7.11 Å². The molecule has 10 heteroatoms. The van der Waals surface area contributed by atoms with Gasteiger partial charge >= 0.3 is 8.25 Å². The van der Waals surface area contributed by atoms with Crippen LogP contribution < -0.4 is 9.92 Å². The lowest BCUT2D eigenvalue weighted by Crippen LogP contribution is -2.04. The van der Waals surface area contributed by atoms with Crippen LogP contribution in [0.2, 0.25) is 0 Å². The van der Waals surface area contributed by atoms with Gasteiger partial charge in [-0.05, 0) is 23.8 Å². The molecular weight excluding hydrogens is 333 g/mol. The van der Waals surface area contributed by atoms with E-state index in [1.54, 1.807) is 30.3 Å². The van der Waals surface area contributed by atoms with Gasteiger partial charge in [0.25, 0.3) is 11.0 Å². The fraction of sp³-hybridized carbons (Fsp3) is 0.0833. The molecule has 1 aromatic rings. The van der Waals surface area contributed by atoms with Crippen LogP contribution in [0.3, 0.4) is 0 Å². The summed E-state index contributed by atoms with van der Waals surface area (Å²) in [5.74, 6) is -0.165. The fourth-order valence-electron chi connectivity index (χ4n) is 0.751. The Labute approximate surface area is 131 Å². The second-order valence-corrected chi connectivity index (χ2v) is 4.73. The summed E-state index contributed by atoms with van der Waals surface area (Å²) >= 11 is 0. The zero-order chi connectivity index (χ0) is 17.5. The Balaban J connectivity index is 0. The van der Waals surface area contributed by atoms with Crippen LogP contribution in [0.4, 0.5) is 0 Å². The SMILES string of the molecule is C=CC(N)=O.C=Cc1ccc(O[SH](=O)=O)cc1.CO[PH](=O)O. The number of hydrogen-bond acceptors (Lipinski definition) is 6. The number of thiol groups is 1. The van der Waals surface area contributed by atoms with E-state index < -0.39 is 25.1 Å². The molecule has 0 bridgehead atoms. The number of carbonyl (C=O) groups excluding carboxylic acids is 1. The molecule has 0 aliphatic carbocycles. The van der Waals surface area contributed by atoms with Crippen LogP contribution in [-0.4, -0.2) is 26.3 Å². The van der Waals surface area contributed by atoms with E-state index >= 15 is 0 Å². The highest BCUT2D eigenvalue weighted by atomic mass is 32.2. The van der Waals surface area contributed by atoms with Gasteiger partial charge in [-0.25, -0.2) is 0 Å². The summed E-state index contributed by atoms with van der Waals surface area (Å²) in [5, 5.41) is 0. The van der Waals surface area contributed by atoms with Crippen molar-refractivity contribution in [3.63, 3.8) is 0 Å². The molecule has 0 heterocycles. The van der Waals surface area contributed by atoms with Gasteiger partial charge in [-0.1, -0.05) is 31.4 Å². The van der Waals surface area contributed by atoms with Crippen LogP contribution in [-0.2, 0) is 24.9 Å². The van der Waals surface area contributed by atoms with E-state index in [-0.39, 0.29) is 0 Å². The van der Waals surface area contributed by atoms with Gasteiger partial charge in [0.15, 0.2) is 0 Å². The molecule has 0 aliphatic rings. The average molecular weight is 351 g/mol. The number of rotatable bonds is 5. The first-order valence-electron chi connectivity index (χ1n) is 5.50. The Kier molecular flexibility index (Phi) is 14.3. The van der Waals surface area contributed by atoms with Gasteiger partial charge < -0.3 is 19.3 Å². The summed E-state index contributed by atoms with van der Waals surface area (Å²) in [6.07, 6.45) is 2.72. The van der Waals surface area contributed by atoms with Gasteiger partial charge in [0.05, 0.1) is 0 Å². The van der Waals surface area contributed by atoms with Crippen molar-refractivity contribution in [2.75, 3.05) is 7.11 Å². The highest BCUT2D eigenvalue weighted by molar-refractivity contribution is 7.67. The summed E-state index contributed by atoms with van der Waals surface area (Å²) in [5.41, 5.74) is 5.45. The van der Waals surface area contributed by atoms with Crippen LogP contribution in [0, 0.1) is 0 Å². The first-order chi connectivity index (χ1) is 10.3. The van der Waals surface area contributed by atoms with Gasteiger partial charge in [-0.15, -0.1) is 0 Å². The molecule has 0 aromatic heterocycles. The van der Waals surface area contributed by atoms with E-state index in [0.717, 1.165) is 11.6 Å². The molecule has 0 fully saturated rings. The van der Waals surface area contributed by atoms with E-state index in [2.05, 4.69) is 27.6 Å². The zero-order valence-corrected chi connectivity index (χ0v) is 13.7. The summed E-state index contributed by atoms with van der Waals surface area (Å²) in [4.78, 5) is 17.2. The van der Waals surface area contributed by atoms with Crippen LogP contribution in [0.5, 0.6) is 5.75 Å². The van der Waals surface area contributed by atoms with Crippen LogP contribution in [0.1, 0.15) is 5.56 Å². The van der Waals surface area contributed by atoms with Gasteiger partial charge in [-0.2, -0.15) is 8.42 Å². The van der Waals surface area contributed by atoms with E-state index in [9.17, 15) is 17.8 Å². The minimum atomic E-state index is -2.82. The highest BCUT2D eigenvalue weighted by Crippen LogP contribution is 2.12. The maximum atomic E-state index is 10.1. The summed E-state index contributed by atoms with van der Waals surface area (Å²) < 4.78 is 37.9. The highest BCUT2D eigenvalue weighted by Gasteiger charge is 1.92. The van der Waals surface area contributed by atoms with Crippen molar-refractivity contribution >= 4 is 31.2 Å². The second kappa shape index (κ2) is 14.0. The molecule has 8 nitrogen and oxygen atoms in total. The van der Waals surface area contributed by atoms with E-state index in [0.29, 0.717) is 5.75 Å². The van der Waals surface area contributed by atoms with Crippen molar-refractivity contribution < 1.29 is 31.4 Å². The first-order valence-corrected chi connectivity index (χ1v) is 7.86. The van der Waals surface area contributed by atoms with Crippen molar-refractivity contribution in [2.45, 2.75) is 0 Å². The quantitative estimate of drug-likeness (QED) is 0.408. The van der Waals surface area contributed by atoms with Gasteiger partial charge in [-0.3, -0.25) is 9.36 Å². The lowest BCUT2D eigenvalue weighted by Gasteiger charge is -1.96. The topological polar surface area (TPSA) is 133 Å². The van der Waals surface area contributed by atoms with Crippen molar-refractivity contribution in [1.82, 2.24) is 0 Å². The third kappa shape index (κ3) is 16.1. The number of primary amides is 1. The smallest absolute Gasteiger partial charge is 0.316 e. The van der Waals surface area contributed by atoms with Crippen LogP contribution >= 0.6 is 8.25 Å². The number of amides is 1. The van der Waals surface area contributed by atoms with Crippen molar-refractivity contribution in [3.8, 4) is 5.75 Å². The van der Waals surface area contributed by atoms with Gasteiger partial charge in [0.1, 0.15) is 5.75 Å². The minimum Gasteiger partial charge on any atom is -0.384 e. The van der Waals surface area contributed by atoms with Crippen LogP contribution in [0.15, 0.2) is 43.5 Å². The molecule has 1 amide bonds. The Bertz CT molecular complexity index is 561. The van der Waals surface area contributed by atoms with Gasteiger partial charge in [0.2, 0.25) is 5.91 Å². The molecule has 0 spiro atoms. The normalized spacial score (nSPS) is 10.1. The van der Waals surface area contributed by atoms with E-state index in [1.807, 2.05) is 0 Å². The zero-order valence-electron chi connectivity index (χ0n) is 11.8. The molecule has 1 atom stereocenters. The largest absolute Gasteiger partial charge is 0.384 e. The molecule has 0 saturated heterocycles. The summed E-state index contributed by atoms with van der Waals surface area (Å²) in [7, 11) is -4.26. The van der Waals surface area contributed by atoms with Crippen molar-refractivity contribution in [2.24, 2.45) is 5.73 Å². The van der Waals surface area contributed by atoms with Gasteiger partial charge in [0, 0.05) is 7.11 Å². The summed E-state index contributed by atoms with van der Waals surface area (Å²) in [6.45, 7) is 6.65. The number of benzene rings is 1. The molecule has 0 radical (unpaired) electrons. The minimum absolute atomic E-state index is 0.316. The molecule has 3 N–H and O–H groups in total. The maximum Gasteiger partial charge on any atom is 0.316 e. The van der Waals surface area contributed by atoms with Crippen molar-refractivity contribution in [3.05, 3.63) is 49.1 Å². The van der Waals surface area contributed by atoms with Crippen LogP contribution in [0.25, 0.3) is 6.08 Å². The Morgan fingerprint density at radius 2 is 1.73 bits per heavy atom. The first kappa shape index (κ1) is 22.4. The molecule has 0 aliphatic heterocycles. The third-order valence-electron chi connectivity index (χ3n) is 1.67. The van der Waals surface area contributed by atoms with Crippen molar-refractivity contribution in [1.29, 1.82) is 0 Å². The third-order valence-corrected chi connectivity index (χ3v) is 2.38. The molecule has 22 heavy (non-hydrogen) atoms. The number of hydrogen-bond donors (Lipinski definition) is 3. The lowest BCUT2D eigenvalue weighted by atomic mass is 10.2. The molecule has 1 rings (SSSR count).